The van der Waals surface area contributed by atoms with Crippen molar-refractivity contribution in [2.75, 3.05) is 12.3 Å². The molecule has 0 aromatic heterocycles. The van der Waals surface area contributed by atoms with Gasteiger partial charge in [-0.15, -0.1) is 0 Å². The second-order valence-corrected chi connectivity index (χ2v) is 5.02. The molecular weight excluding hydrogens is 234 g/mol. The van der Waals surface area contributed by atoms with Crippen LogP contribution in [0, 0.1) is 15.5 Å². The summed E-state index contributed by atoms with van der Waals surface area (Å²) in [6.45, 7) is 2.70. The molecule has 1 amide bonds. The average molecular weight is 249 g/mol. The van der Waals surface area contributed by atoms with Gasteiger partial charge in [-0.05, 0) is 30.4 Å². The molecule has 0 aliphatic heterocycles. The minimum Gasteiger partial charge on any atom is -0.393 e. The summed E-state index contributed by atoms with van der Waals surface area (Å²) < 4.78 is 0. The Balaban J connectivity index is 2.10. The quantitative estimate of drug-likeness (QED) is 0.482. The van der Waals surface area contributed by atoms with Crippen molar-refractivity contribution >= 4 is 17.3 Å². The van der Waals surface area contributed by atoms with E-state index in [1.54, 1.807) is 0 Å². The molecule has 1 aliphatic rings. The first-order valence-corrected chi connectivity index (χ1v) is 5.73. The molecule has 18 heavy (non-hydrogen) atoms. The first kappa shape index (κ1) is 12.3. The topological polar surface area (TPSA) is 98.3 Å². The highest BCUT2D eigenvalue weighted by Crippen LogP contribution is 2.44. The standard InChI is InChI=1S/C12H15N3O3/c1-12(4-5-12)7-14-11(16)8-2-3-9(13)10(6-8)15(17)18/h2-3,6H,4-5,7,13H2,1H3,(H,14,16). The molecule has 0 unspecified atom stereocenters. The molecule has 1 saturated carbocycles. The van der Waals surface area contributed by atoms with Crippen LogP contribution < -0.4 is 11.1 Å². The van der Waals surface area contributed by atoms with E-state index in [2.05, 4.69) is 12.2 Å². The van der Waals surface area contributed by atoms with Crippen LogP contribution in [0.3, 0.4) is 0 Å². The van der Waals surface area contributed by atoms with Crippen LogP contribution in [0.2, 0.25) is 0 Å². The van der Waals surface area contributed by atoms with Crippen molar-refractivity contribution in [1.82, 2.24) is 5.32 Å². The fourth-order valence-electron chi connectivity index (χ4n) is 1.63. The number of nitrogen functional groups attached to an aromatic ring is 1. The minimum atomic E-state index is -0.589. The van der Waals surface area contributed by atoms with Crippen molar-refractivity contribution in [2.24, 2.45) is 5.41 Å². The number of hydrogen-bond acceptors (Lipinski definition) is 4. The van der Waals surface area contributed by atoms with E-state index in [0.29, 0.717) is 6.54 Å². The van der Waals surface area contributed by atoms with E-state index in [1.165, 1.54) is 18.2 Å². The van der Waals surface area contributed by atoms with Crippen molar-refractivity contribution in [3.8, 4) is 0 Å². The number of rotatable bonds is 4. The molecule has 2 rings (SSSR count). The molecule has 1 fully saturated rings. The van der Waals surface area contributed by atoms with Crippen molar-refractivity contribution < 1.29 is 9.72 Å². The maximum absolute atomic E-state index is 11.8. The zero-order chi connectivity index (χ0) is 13.3. The van der Waals surface area contributed by atoms with E-state index < -0.39 is 4.92 Å². The van der Waals surface area contributed by atoms with Gasteiger partial charge < -0.3 is 11.1 Å². The third kappa shape index (κ3) is 2.58. The van der Waals surface area contributed by atoms with E-state index in [0.717, 1.165) is 12.8 Å². The Bertz CT molecular complexity index is 509. The monoisotopic (exact) mass is 249 g/mol. The van der Waals surface area contributed by atoms with Gasteiger partial charge in [-0.3, -0.25) is 14.9 Å². The third-order valence-electron chi connectivity index (χ3n) is 3.27. The number of nitro groups is 1. The van der Waals surface area contributed by atoms with E-state index >= 15 is 0 Å². The molecule has 1 aromatic rings. The number of carbonyl (C=O) groups excluding carboxylic acids is 1. The van der Waals surface area contributed by atoms with Crippen molar-refractivity contribution in [3.63, 3.8) is 0 Å². The smallest absolute Gasteiger partial charge is 0.292 e. The van der Waals surface area contributed by atoms with Gasteiger partial charge in [0.1, 0.15) is 5.69 Å². The van der Waals surface area contributed by atoms with Gasteiger partial charge in [0, 0.05) is 18.2 Å². The Labute approximate surface area is 104 Å². The Morgan fingerprint density at radius 1 is 1.56 bits per heavy atom. The number of nitrogens with one attached hydrogen (secondary N) is 1. The molecule has 3 N–H and O–H groups in total. The normalized spacial score (nSPS) is 16.1. The zero-order valence-electron chi connectivity index (χ0n) is 10.1. The Hall–Kier alpha value is -2.11. The van der Waals surface area contributed by atoms with Gasteiger partial charge in [-0.2, -0.15) is 0 Å². The van der Waals surface area contributed by atoms with E-state index in [-0.39, 0.29) is 28.3 Å². The number of benzene rings is 1. The lowest BCUT2D eigenvalue weighted by atomic mass is 10.1. The van der Waals surface area contributed by atoms with Gasteiger partial charge in [0.25, 0.3) is 11.6 Å². The number of hydrogen-bond donors (Lipinski definition) is 2. The predicted molar refractivity (Wildman–Crippen MR) is 67.2 cm³/mol. The highest BCUT2D eigenvalue weighted by molar-refractivity contribution is 5.95. The highest BCUT2D eigenvalue weighted by atomic mass is 16.6. The molecule has 1 aliphatic carbocycles. The Morgan fingerprint density at radius 2 is 2.22 bits per heavy atom. The molecule has 0 spiro atoms. The maximum Gasteiger partial charge on any atom is 0.292 e. The first-order valence-electron chi connectivity index (χ1n) is 5.73. The molecule has 0 saturated heterocycles. The summed E-state index contributed by atoms with van der Waals surface area (Å²) in [5, 5.41) is 13.5. The Kier molecular flexibility index (Phi) is 2.94. The van der Waals surface area contributed by atoms with Gasteiger partial charge in [-0.1, -0.05) is 6.92 Å². The summed E-state index contributed by atoms with van der Waals surface area (Å²) in [7, 11) is 0. The van der Waals surface area contributed by atoms with Crippen LogP contribution in [0.4, 0.5) is 11.4 Å². The van der Waals surface area contributed by atoms with Crippen LogP contribution in [0.15, 0.2) is 18.2 Å². The number of nitrogens with two attached hydrogens (primary N) is 1. The summed E-state index contributed by atoms with van der Waals surface area (Å²) in [5.74, 6) is -0.300. The lowest BCUT2D eigenvalue weighted by Crippen LogP contribution is -2.29. The maximum atomic E-state index is 11.8. The highest BCUT2D eigenvalue weighted by Gasteiger charge is 2.37. The van der Waals surface area contributed by atoms with Gasteiger partial charge >= 0.3 is 0 Å². The third-order valence-corrected chi connectivity index (χ3v) is 3.27. The Morgan fingerprint density at radius 3 is 2.78 bits per heavy atom. The van der Waals surface area contributed by atoms with Crippen molar-refractivity contribution in [1.29, 1.82) is 0 Å². The molecule has 0 heterocycles. The molecule has 6 nitrogen and oxygen atoms in total. The van der Waals surface area contributed by atoms with Gasteiger partial charge in [0.05, 0.1) is 4.92 Å². The summed E-state index contributed by atoms with van der Waals surface area (Å²) in [6, 6.07) is 4.08. The largest absolute Gasteiger partial charge is 0.393 e. The number of amides is 1. The molecular formula is C12H15N3O3. The van der Waals surface area contributed by atoms with Gasteiger partial charge in [-0.25, -0.2) is 0 Å². The molecule has 1 aromatic carbocycles. The number of carbonyl (C=O) groups is 1. The predicted octanol–water partition coefficient (Wildman–Crippen LogP) is 1.71. The van der Waals surface area contributed by atoms with Crippen LogP contribution in [0.25, 0.3) is 0 Å². The summed E-state index contributed by atoms with van der Waals surface area (Å²) in [4.78, 5) is 22.0. The summed E-state index contributed by atoms with van der Waals surface area (Å²) >= 11 is 0. The molecule has 6 heteroatoms. The van der Waals surface area contributed by atoms with E-state index in [4.69, 9.17) is 5.73 Å². The zero-order valence-corrected chi connectivity index (χ0v) is 10.1. The average Bonchev–Trinajstić information content (AvgIpc) is 3.05. The molecule has 0 bridgehead atoms. The van der Waals surface area contributed by atoms with Crippen LogP contribution in [-0.4, -0.2) is 17.4 Å². The van der Waals surface area contributed by atoms with E-state index in [9.17, 15) is 14.9 Å². The fraction of sp³-hybridized carbons (Fsp3) is 0.417. The number of anilines is 1. The molecule has 96 valence electrons. The van der Waals surface area contributed by atoms with Crippen LogP contribution >= 0.6 is 0 Å². The van der Waals surface area contributed by atoms with Gasteiger partial charge in [0.15, 0.2) is 0 Å². The SMILES string of the molecule is CC1(CNC(=O)c2ccc(N)c([N+](=O)[O-])c2)CC1. The van der Waals surface area contributed by atoms with Gasteiger partial charge in [0.2, 0.25) is 0 Å². The molecule has 0 atom stereocenters. The lowest BCUT2D eigenvalue weighted by molar-refractivity contribution is -0.383. The van der Waals surface area contributed by atoms with Crippen molar-refractivity contribution in [2.45, 2.75) is 19.8 Å². The summed E-state index contributed by atoms with van der Waals surface area (Å²) in [6.07, 6.45) is 2.21. The first-order chi connectivity index (χ1) is 8.41. The van der Waals surface area contributed by atoms with Crippen LogP contribution in [0.1, 0.15) is 30.1 Å². The fourth-order valence-corrected chi connectivity index (χ4v) is 1.63. The van der Waals surface area contributed by atoms with Crippen LogP contribution in [0.5, 0.6) is 0 Å². The lowest BCUT2D eigenvalue weighted by Gasteiger charge is -2.10. The van der Waals surface area contributed by atoms with E-state index in [1.807, 2.05) is 0 Å². The van der Waals surface area contributed by atoms with Crippen molar-refractivity contribution in [3.05, 3.63) is 33.9 Å². The second-order valence-electron chi connectivity index (χ2n) is 5.02. The second kappa shape index (κ2) is 4.29. The summed E-state index contributed by atoms with van der Waals surface area (Å²) in [5.41, 5.74) is 5.76. The minimum absolute atomic E-state index is 0.0608. The molecule has 0 radical (unpaired) electrons. The number of nitrogens with zero attached hydrogens (tertiary/aromatic N) is 1. The number of nitro benzene ring substituents is 1. The van der Waals surface area contributed by atoms with Crippen LogP contribution in [-0.2, 0) is 0 Å².